The van der Waals surface area contributed by atoms with Crippen molar-refractivity contribution in [3.05, 3.63) is 36.0 Å². The molecule has 0 saturated carbocycles. The van der Waals surface area contributed by atoms with Gasteiger partial charge in [0.2, 0.25) is 76.8 Å². The van der Waals surface area contributed by atoms with Gasteiger partial charge in [0.25, 0.3) is 0 Å². The summed E-state index contributed by atoms with van der Waals surface area (Å²) in [7, 11) is 0. The molecule has 10 atom stereocenters. The van der Waals surface area contributed by atoms with Crippen LogP contribution < -0.4 is 76.5 Å². The highest BCUT2D eigenvalue weighted by atomic mass is 32.1. The molecular weight excluding hydrogens is 1140 g/mol. The van der Waals surface area contributed by atoms with Crippen molar-refractivity contribution < 1.29 is 87.2 Å². The Hall–Kier alpha value is -8.92. The quantitative estimate of drug-likeness (QED) is 0.0277. The molecular formula is C51H77N15O18S. The molecule has 0 saturated heterocycles. The SMILES string of the molecule is CC(C)C[C@H](NC(=O)[C@H](CCC(N)=O)NC(=O)[C@H](CC(=O)O)NC(=O)[C@H](CO)NC(=O)[C@H](CC(C)C)NC(=O)[C@@H](N)Cc1c[nH]c2ccccc12)C(=O)N[C@@H](CCC(N)=O)C(=O)N[C@@H](CC(N)=O)C(=O)N[C@@H](CC(N)=O)C(=O)N[C@@H](CS)C(=O)O. The number of carbonyl (C=O) groups is 15. The monoisotopic (exact) mass is 1220 g/mol. The van der Waals surface area contributed by atoms with Gasteiger partial charge in [0.05, 0.1) is 31.9 Å². The third-order valence-corrected chi connectivity index (χ3v) is 12.8. The van der Waals surface area contributed by atoms with E-state index in [2.05, 4.69) is 60.1 Å². The van der Waals surface area contributed by atoms with Gasteiger partial charge in [-0.05, 0) is 55.6 Å². The summed E-state index contributed by atoms with van der Waals surface area (Å²) in [5.74, 6) is -19.3. The molecule has 0 fully saturated rings. The van der Waals surface area contributed by atoms with Crippen molar-refractivity contribution in [2.45, 2.75) is 152 Å². The van der Waals surface area contributed by atoms with Crippen molar-refractivity contribution >= 4 is 112 Å². The molecule has 0 aliphatic carbocycles. The van der Waals surface area contributed by atoms with Gasteiger partial charge in [0, 0.05) is 35.7 Å². The molecule has 0 unspecified atom stereocenters. The van der Waals surface area contributed by atoms with Gasteiger partial charge in [-0.2, -0.15) is 12.6 Å². The predicted octanol–water partition coefficient (Wildman–Crippen LogP) is -6.74. The van der Waals surface area contributed by atoms with Crippen molar-refractivity contribution in [2.75, 3.05) is 12.4 Å². The summed E-state index contributed by atoms with van der Waals surface area (Å²) in [5.41, 5.74) is 29.0. The number of para-hydroxylation sites is 1. The lowest BCUT2D eigenvalue weighted by atomic mass is 10.0. The van der Waals surface area contributed by atoms with Crippen LogP contribution in [0.5, 0.6) is 0 Å². The first-order valence-electron chi connectivity index (χ1n) is 26.6. The number of carbonyl (C=O) groups excluding carboxylic acids is 13. The number of nitrogens with one attached hydrogen (secondary N) is 10. The fraction of sp³-hybridized carbons (Fsp3) is 0.549. The normalized spacial score (nSPS) is 14.6. The molecule has 34 heteroatoms. The Morgan fingerprint density at radius 3 is 1.22 bits per heavy atom. The number of aromatic nitrogens is 1. The minimum atomic E-state index is -2.07. The molecule has 2 rings (SSSR count). The van der Waals surface area contributed by atoms with Gasteiger partial charge >= 0.3 is 11.9 Å². The Kier molecular flexibility index (Phi) is 30.0. The molecule has 1 aromatic carbocycles. The van der Waals surface area contributed by atoms with E-state index in [9.17, 15) is 87.2 Å². The molecule has 23 N–H and O–H groups in total. The van der Waals surface area contributed by atoms with E-state index in [-0.39, 0.29) is 25.2 Å². The second kappa shape index (κ2) is 35.3. The fourth-order valence-corrected chi connectivity index (χ4v) is 8.44. The van der Waals surface area contributed by atoms with Crippen LogP contribution in [-0.2, 0) is 78.3 Å². The van der Waals surface area contributed by atoms with Gasteiger partial charge in [-0.3, -0.25) is 67.1 Å². The van der Waals surface area contributed by atoms with E-state index in [1.165, 1.54) is 0 Å². The second-order valence-corrected chi connectivity index (χ2v) is 21.0. The van der Waals surface area contributed by atoms with Gasteiger partial charge in [0.15, 0.2) is 0 Å². The molecule has 85 heavy (non-hydrogen) atoms. The number of aromatic amines is 1. The number of thiol groups is 1. The standard InChI is InChI=1S/C51H77N15O18S/c1-22(2)13-30(60-42(74)26(52)15-24-19-57-27-8-6-5-7-25(24)27)46(78)65-35(20-67)50(82)64-34(18-41(72)73)49(81)59-28(9-11-37(53)68)43(75)61-31(14-23(3)4)45(77)58-29(10-12-38(54)69)44(76)62-32(16-39(55)70)47(79)63-33(17-40(56)71)48(80)66-36(21-85)51(83)84/h5-8,19,22-23,26,28-36,57,67,85H,9-18,20-21,52H2,1-4H3,(H2,53,68)(H2,54,69)(H2,55,70)(H2,56,71)(H,58,77)(H,59,81)(H,60,74)(H,61,75)(H,62,76)(H,63,79)(H,64,82)(H,65,78)(H,66,80)(H,72,73)(H,83,84)/t26-,28-,29-,30-,31-,32-,33-,34-,35-,36-/m0/s1. The van der Waals surface area contributed by atoms with E-state index in [0.717, 1.165) is 16.5 Å². The number of hydrogen-bond acceptors (Lipinski definition) is 18. The number of aliphatic hydroxyl groups excluding tert-OH is 1. The first kappa shape index (κ1) is 72.2. The van der Waals surface area contributed by atoms with Crippen LogP contribution in [0.3, 0.4) is 0 Å². The number of fused-ring (bicyclic) bond motifs is 1. The molecule has 0 aliphatic heterocycles. The molecule has 13 amide bonds. The van der Waals surface area contributed by atoms with Crippen LogP contribution >= 0.6 is 12.6 Å². The topological polar surface area (TPSA) is 571 Å². The van der Waals surface area contributed by atoms with E-state index in [1.54, 1.807) is 40.0 Å². The fourth-order valence-electron chi connectivity index (χ4n) is 8.19. The molecule has 0 radical (unpaired) electrons. The van der Waals surface area contributed by atoms with Crippen molar-refractivity contribution in [1.82, 2.24) is 52.8 Å². The molecule has 1 heterocycles. The number of carboxylic acids is 2. The Morgan fingerprint density at radius 2 is 0.835 bits per heavy atom. The summed E-state index contributed by atoms with van der Waals surface area (Å²) in [6.07, 6.45) is -3.96. The summed E-state index contributed by atoms with van der Waals surface area (Å²) in [6, 6.07) is -9.92. The minimum absolute atomic E-state index is 0.0179. The number of benzene rings is 1. The summed E-state index contributed by atoms with van der Waals surface area (Å²) in [5, 5.41) is 50.3. The lowest BCUT2D eigenvalue weighted by Crippen LogP contribution is -2.61. The summed E-state index contributed by atoms with van der Waals surface area (Å²) in [6.45, 7) is 5.55. The van der Waals surface area contributed by atoms with Gasteiger partial charge in [-0.15, -0.1) is 0 Å². The van der Waals surface area contributed by atoms with E-state index >= 15 is 0 Å². The third kappa shape index (κ3) is 25.6. The van der Waals surface area contributed by atoms with Crippen molar-refractivity contribution in [3.63, 3.8) is 0 Å². The Bertz CT molecular complexity index is 2780. The van der Waals surface area contributed by atoms with E-state index < -0.39 is 212 Å². The maximum absolute atomic E-state index is 14.1. The maximum Gasteiger partial charge on any atom is 0.327 e. The number of rotatable bonds is 39. The molecule has 0 bridgehead atoms. The van der Waals surface area contributed by atoms with Crippen LogP contribution in [0.2, 0.25) is 0 Å². The van der Waals surface area contributed by atoms with Gasteiger partial charge in [-0.25, -0.2) is 4.79 Å². The lowest BCUT2D eigenvalue weighted by molar-refractivity contribution is -0.142. The van der Waals surface area contributed by atoms with Crippen molar-refractivity contribution in [1.29, 1.82) is 0 Å². The smallest absolute Gasteiger partial charge is 0.327 e. The lowest BCUT2D eigenvalue weighted by Gasteiger charge is -2.28. The largest absolute Gasteiger partial charge is 0.481 e. The number of amides is 13. The number of H-pyrrole nitrogens is 1. The zero-order valence-corrected chi connectivity index (χ0v) is 48.0. The molecule has 2 aromatic rings. The van der Waals surface area contributed by atoms with Crippen molar-refractivity contribution in [2.24, 2.45) is 40.5 Å². The summed E-state index contributed by atoms with van der Waals surface area (Å²) >= 11 is 3.83. The number of carboxylic acid groups (broad SMARTS) is 2. The summed E-state index contributed by atoms with van der Waals surface area (Å²) in [4.78, 5) is 198. The van der Waals surface area contributed by atoms with Crippen LogP contribution in [0.1, 0.15) is 91.0 Å². The zero-order valence-electron chi connectivity index (χ0n) is 47.1. The highest BCUT2D eigenvalue weighted by Crippen LogP contribution is 2.19. The van der Waals surface area contributed by atoms with Crippen LogP contribution in [-0.4, -0.2) is 182 Å². The molecule has 33 nitrogen and oxygen atoms in total. The van der Waals surface area contributed by atoms with Gasteiger partial charge in [-0.1, -0.05) is 45.9 Å². The van der Waals surface area contributed by atoms with E-state index in [0.29, 0.717) is 0 Å². The van der Waals surface area contributed by atoms with E-state index in [1.807, 2.05) is 23.5 Å². The van der Waals surface area contributed by atoms with E-state index in [4.69, 9.17) is 28.7 Å². The number of primary amides is 4. The molecule has 0 spiro atoms. The van der Waals surface area contributed by atoms with Crippen LogP contribution in [0.15, 0.2) is 30.5 Å². The third-order valence-electron chi connectivity index (χ3n) is 12.5. The van der Waals surface area contributed by atoms with Gasteiger partial charge in [0.1, 0.15) is 54.4 Å². The Labute approximate surface area is 492 Å². The van der Waals surface area contributed by atoms with Crippen LogP contribution in [0, 0.1) is 11.8 Å². The van der Waals surface area contributed by atoms with Crippen LogP contribution in [0.4, 0.5) is 0 Å². The predicted molar refractivity (Wildman–Crippen MR) is 302 cm³/mol. The number of hydrogen-bond donors (Lipinski definition) is 19. The first-order chi connectivity index (χ1) is 39.8. The molecule has 1 aromatic heterocycles. The molecule has 0 aliphatic rings. The highest BCUT2D eigenvalue weighted by molar-refractivity contribution is 7.80. The number of aliphatic carboxylic acids is 2. The van der Waals surface area contributed by atoms with Gasteiger partial charge < -0.3 is 96.8 Å². The average molecular weight is 1220 g/mol. The zero-order chi connectivity index (χ0) is 64.4. The minimum Gasteiger partial charge on any atom is -0.481 e. The second-order valence-electron chi connectivity index (χ2n) is 20.6. The number of aliphatic hydroxyl groups is 1. The van der Waals surface area contributed by atoms with Crippen LogP contribution in [0.25, 0.3) is 10.9 Å². The molecule has 470 valence electrons. The maximum atomic E-state index is 14.1. The Balaban J connectivity index is 2.39. The Morgan fingerprint density at radius 1 is 0.482 bits per heavy atom. The first-order valence-corrected chi connectivity index (χ1v) is 27.2. The average Bonchev–Trinajstić information content (AvgIpc) is 3.73. The van der Waals surface area contributed by atoms with Crippen molar-refractivity contribution in [3.8, 4) is 0 Å². The number of nitrogens with two attached hydrogens (primary N) is 5. The summed E-state index contributed by atoms with van der Waals surface area (Å²) < 4.78 is 0. The highest BCUT2D eigenvalue weighted by Gasteiger charge is 2.37.